The Bertz CT molecular complexity index is 671. The number of nitrogens with zero attached hydrogens (tertiary/aromatic N) is 3. The van der Waals surface area contributed by atoms with Gasteiger partial charge in [0.25, 0.3) is 5.91 Å². The van der Waals surface area contributed by atoms with Gasteiger partial charge in [-0.2, -0.15) is 0 Å². The lowest BCUT2D eigenvalue weighted by atomic mass is 10.0. The van der Waals surface area contributed by atoms with E-state index in [1.807, 2.05) is 48.7 Å². The molecule has 0 spiro atoms. The summed E-state index contributed by atoms with van der Waals surface area (Å²) in [5.41, 5.74) is 3.00. The molecule has 1 aliphatic heterocycles. The van der Waals surface area contributed by atoms with Gasteiger partial charge in [-0.05, 0) is 26.0 Å². The Hall–Kier alpha value is -2.14. The average molecular weight is 298 g/mol. The van der Waals surface area contributed by atoms with E-state index in [1.54, 1.807) is 6.20 Å². The van der Waals surface area contributed by atoms with E-state index in [1.165, 1.54) is 0 Å². The zero-order valence-corrected chi connectivity index (χ0v) is 13.3. The highest BCUT2D eigenvalue weighted by Gasteiger charge is 2.31. The van der Waals surface area contributed by atoms with Gasteiger partial charge in [0.15, 0.2) is 0 Å². The van der Waals surface area contributed by atoms with Gasteiger partial charge in [0, 0.05) is 44.6 Å². The molecule has 3 rings (SSSR count). The van der Waals surface area contributed by atoms with Crippen molar-refractivity contribution in [3.63, 3.8) is 0 Å². The molecular weight excluding hydrogens is 276 g/mol. The van der Waals surface area contributed by atoms with Gasteiger partial charge in [0.1, 0.15) is 11.9 Å². The van der Waals surface area contributed by atoms with Crippen LogP contribution in [0.4, 0.5) is 0 Å². The highest BCUT2D eigenvalue weighted by molar-refractivity contribution is 5.95. The second kappa shape index (κ2) is 5.93. The fourth-order valence-corrected chi connectivity index (χ4v) is 3.14. The molecule has 1 fully saturated rings. The van der Waals surface area contributed by atoms with Crippen molar-refractivity contribution in [2.24, 2.45) is 7.05 Å². The highest BCUT2D eigenvalue weighted by Crippen LogP contribution is 2.23. The van der Waals surface area contributed by atoms with Crippen LogP contribution in [0.3, 0.4) is 0 Å². The van der Waals surface area contributed by atoms with E-state index in [0.717, 1.165) is 35.6 Å². The van der Waals surface area contributed by atoms with E-state index in [-0.39, 0.29) is 11.9 Å². The maximum Gasteiger partial charge on any atom is 0.254 e. The molecule has 0 aliphatic carbocycles. The molecule has 1 atom stereocenters. The van der Waals surface area contributed by atoms with Crippen LogP contribution in [0, 0.1) is 13.8 Å². The second-order valence-corrected chi connectivity index (χ2v) is 5.99. The molecule has 0 radical (unpaired) electrons. The van der Waals surface area contributed by atoms with Gasteiger partial charge >= 0.3 is 0 Å². The van der Waals surface area contributed by atoms with E-state index in [9.17, 15) is 4.79 Å². The van der Waals surface area contributed by atoms with E-state index in [0.29, 0.717) is 6.54 Å². The van der Waals surface area contributed by atoms with Crippen molar-refractivity contribution < 1.29 is 4.79 Å². The van der Waals surface area contributed by atoms with E-state index in [2.05, 4.69) is 16.4 Å². The van der Waals surface area contributed by atoms with Crippen LogP contribution in [0.1, 0.15) is 33.4 Å². The summed E-state index contributed by atoms with van der Waals surface area (Å²) in [5, 5.41) is 3.36. The summed E-state index contributed by atoms with van der Waals surface area (Å²) in [7, 11) is 1.97. The minimum absolute atomic E-state index is 0.0259. The monoisotopic (exact) mass is 298 g/mol. The second-order valence-electron chi connectivity index (χ2n) is 5.99. The molecule has 1 saturated heterocycles. The number of hydrogen-bond donors (Lipinski definition) is 1. The van der Waals surface area contributed by atoms with Crippen LogP contribution in [0.5, 0.6) is 0 Å². The van der Waals surface area contributed by atoms with Crippen molar-refractivity contribution in [3.8, 4) is 0 Å². The van der Waals surface area contributed by atoms with Crippen molar-refractivity contribution >= 4 is 5.91 Å². The summed E-state index contributed by atoms with van der Waals surface area (Å²) >= 11 is 0. The van der Waals surface area contributed by atoms with Crippen molar-refractivity contribution in [1.82, 2.24) is 19.8 Å². The molecule has 5 heteroatoms. The van der Waals surface area contributed by atoms with Crippen LogP contribution in [0.15, 0.2) is 30.6 Å². The third-order valence-electron chi connectivity index (χ3n) is 4.13. The molecule has 5 nitrogen and oxygen atoms in total. The first-order chi connectivity index (χ1) is 10.6. The molecule has 0 saturated carbocycles. The molecule has 1 amide bonds. The molecule has 2 aromatic rings. The van der Waals surface area contributed by atoms with Gasteiger partial charge in [0.2, 0.25) is 0 Å². The molecule has 1 N–H and O–H groups in total. The number of piperazine rings is 1. The van der Waals surface area contributed by atoms with Gasteiger partial charge < -0.3 is 14.8 Å². The van der Waals surface area contributed by atoms with Gasteiger partial charge in [-0.15, -0.1) is 0 Å². The maximum absolute atomic E-state index is 13.0. The minimum atomic E-state index is -0.0259. The lowest BCUT2D eigenvalue weighted by Crippen LogP contribution is -2.49. The lowest BCUT2D eigenvalue weighted by Gasteiger charge is -2.36. The maximum atomic E-state index is 13.0. The number of rotatable bonds is 2. The van der Waals surface area contributed by atoms with Crippen LogP contribution in [-0.2, 0) is 7.05 Å². The number of carbonyl (C=O) groups excluding carboxylic acids is 1. The first kappa shape index (κ1) is 14.8. The van der Waals surface area contributed by atoms with Crippen LogP contribution in [-0.4, -0.2) is 40.0 Å². The summed E-state index contributed by atoms with van der Waals surface area (Å²) < 4.78 is 1.99. The van der Waals surface area contributed by atoms with Gasteiger partial charge in [0.05, 0.1) is 0 Å². The van der Waals surface area contributed by atoms with Crippen molar-refractivity contribution in [2.75, 3.05) is 19.6 Å². The van der Waals surface area contributed by atoms with Crippen molar-refractivity contribution in [2.45, 2.75) is 19.9 Å². The van der Waals surface area contributed by atoms with Crippen molar-refractivity contribution in [1.29, 1.82) is 0 Å². The fourth-order valence-electron chi connectivity index (χ4n) is 3.14. The molecule has 1 aromatic heterocycles. The standard InChI is InChI=1S/C17H22N4O/c1-12-8-13(2)10-14(9-12)17(22)21-7-4-18-11-15(21)16-19-5-6-20(16)3/h5-6,8-10,15,18H,4,7,11H2,1-3H3. The average Bonchev–Trinajstić information content (AvgIpc) is 2.91. The molecule has 1 aliphatic rings. The first-order valence-electron chi connectivity index (χ1n) is 7.63. The Labute approximate surface area is 131 Å². The SMILES string of the molecule is Cc1cc(C)cc(C(=O)N2CCNCC2c2nccn2C)c1. The number of aromatic nitrogens is 2. The summed E-state index contributed by atoms with van der Waals surface area (Å²) in [6.07, 6.45) is 3.70. The Morgan fingerprint density at radius 2 is 2.00 bits per heavy atom. The zero-order chi connectivity index (χ0) is 15.7. The third-order valence-corrected chi connectivity index (χ3v) is 4.13. The smallest absolute Gasteiger partial charge is 0.254 e. The topological polar surface area (TPSA) is 50.2 Å². The number of nitrogens with one attached hydrogen (secondary N) is 1. The molecular formula is C17H22N4O. The minimum Gasteiger partial charge on any atom is -0.336 e. The number of hydrogen-bond acceptors (Lipinski definition) is 3. The van der Waals surface area contributed by atoms with Gasteiger partial charge in [-0.1, -0.05) is 17.2 Å². The number of benzene rings is 1. The zero-order valence-electron chi connectivity index (χ0n) is 13.3. The van der Waals surface area contributed by atoms with E-state index < -0.39 is 0 Å². The Balaban J connectivity index is 1.93. The Morgan fingerprint density at radius 1 is 1.27 bits per heavy atom. The van der Waals surface area contributed by atoms with E-state index >= 15 is 0 Å². The van der Waals surface area contributed by atoms with Crippen LogP contribution >= 0.6 is 0 Å². The fraction of sp³-hybridized carbons (Fsp3) is 0.412. The summed E-state index contributed by atoms with van der Waals surface area (Å²) in [6, 6.07) is 5.99. The molecule has 22 heavy (non-hydrogen) atoms. The molecule has 1 unspecified atom stereocenters. The first-order valence-corrected chi connectivity index (χ1v) is 7.63. The lowest BCUT2D eigenvalue weighted by molar-refractivity contribution is 0.0620. The quantitative estimate of drug-likeness (QED) is 0.920. The predicted molar refractivity (Wildman–Crippen MR) is 85.8 cm³/mol. The normalized spacial score (nSPS) is 18.5. The Kier molecular flexibility index (Phi) is 3.98. The number of amides is 1. The van der Waals surface area contributed by atoms with Gasteiger partial charge in [-0.3, -0.25) is 4.79 Å². The summed E-state index contributed by atoms with van der Waals surface area (Å²) in [4.78, 5) is 19.3. The van der Waals surface area contributed by atoms with Crippen LogP contribution in [0.25, 0.3) is 0 Å². The molecule has 116 valence electrons. The molecule has 2 heterocycles. The summed E-state index contributed by atoms with van der Waals surface area (Å²) in [5.74, 6) is 1.01. The van der Waals surface area contributed by atoms with Crippen LogP contribution < -0.4 is 5.32 Å². The number of carbonyl (C=O) groups is 1. The Morgan fingerprint density at radius 3 is 2.64 bits per heavy atom. The number of aryl methyl sites for hydroxylation is 3. The molecule has 1 aromatic carbocycles. The highest BCUT2D eigenvalue weighted by atomic mass is 16.2. The van der Waals surface area contributed by atoms with Gasteiger partial charge in [-0.25, -0.2) is 4.98 Å². The van der Waals surface area contributed by atoms with E-state index in [4.69, 9.17) is 0 Å². The summed E-state index contributed by atoms with van der Waals surface area (Å²) in [6.45, 7) is 6.30. The predicted octanol–water partition coefficient (Wildman–Crippen LogP) is 1.82. The molecule has 0 bridgehead atoms. The largest absolute Gasteiger partial charge is 0.336 e. The number of imidazole rings is 1. The van der Waals surface area contributed by atoms with Crippen LogP contribution in [0.2, 0.25) is 0 Å². The third kappa shape index (κ3) is 2.76. The van der Waals surface area contributed by atoms with Crippen molar-refractivity contribution in [3.05, 3.63) is 53.1 Å².